The van der Waals surface area contributed by atoms with Crippen LogP contribution in [0.1, 0.15) is 18.2 Å². The summed E-state index contributed by atoms with van der Waals surface area (Å²) in [5, 5.41) is 9.77. The van der Waals surface area contributed by atoms with Crippen LogP contribution in [0.25, 0.3) is 21.8 Å². The molecule has 0 amide bonds. The quantitative estimate of drug-likeness (QED) is 0.340. The van der Waals surface area contributed by atoms with E-state index in [0.717, 1.165) is 27.7 Å². The summed E-state index contributed by atoms with van der Waals surface area (Å²) in [6.45, 7) is 5.48. The summed E-state index contributed by atoms with van der Waals surface area (Å²) < 4.78 is 0. The number of nitrogens with one attached hydrogen (secondary N) is 4. The predicted molar refractivity (Wildman–Crippen MR) is 122 cm³/mol. The van der Waals surface area contributed by atoms with Crippen LogP contribution in [0.15, 0.2) is 47.3 Å². The van der Waals surface area contributed by atoms with E-state index in [9.17, 15) is 4.79 Å². The fourth-order valence-corrected chi connectivity index (χ4v) is 4.18. The molecule has 0 aliphatic rings. The molecule has 0 bridgehead atoms. The number of aromatic nitrogens is 2. The zero-order chi connectivity index (χ0) is 20.5. The van der Waals surface area contributed by atoms with Gasteiger partial charge in [0.05, 0.1) is 10.5 Å². The number of aryl methyl sites for hydroxylation is 1. The highest BCUT2D eigenvalue weighted by Crippen LogP contribution is 2.31. The highest BCUT2D eigenvalue weighted by molar-refractivity contribution is 6.38. The van der Waals surface area contributed by atoms with Crippen molar-refractivity contribution in [3.63, 3.8) is 0 Å². The van der Waals surface area contributed by atoms with Crippen LogP contribution in [0.2, 0.25) is 10.0 Å². The first kappa shape index (κ1) is 19.8. The molecule has 0 aliphatic heterocycles. The van der Waals surface area contributed by atoms with Crippen LogP contribution >= 0.6 is 23.2 Å². The molecule has 2 heterocycles. The van der Waals surface area contributed by atoms with Crippen LogP contribution < -0.4 is 16.1 Å². The Bertz CT molecular complexity index is 1250. The summed E-state index contributed by atoms with van der Waals surface area (Å²) in [7, 11) is 0. The Kier molecular flexibility index (Phi) is 5.54. The monoisotopic (exact) mass is 428 g/mol. The fraction of sp³-hybridized carbons (Fsp3) is 0.227. The summed E-state index contributed by atoms with van der Waals surface area (Å²) >= 11 is 12.5. The molecule has 0 aliphatic carbocycles. The molecule has 7 heteroatoms. The maximum atomic E-state index is 12.2. The third kappa shape index (κ3) is 4.13. The number of benzene rings is 2. The number of halogens is 2. The topological polar surface area (TPSA) is 72.7 Å². The van der Waals surface area contributed by atoms with E-state index < -0.39 is 0 Å². The molecule has 5 nitrogen and oxygen atoms in total. The molecular weight excluding hydrogens is 407 g/mol. The first-order valence-corrected chi connectivity index (χ1v) is 10.2. The minimum atomic E-state index is 0.00621. The lowest BCUT2D eigenvalue weighted by atomic mass is 10.1. The SMILES string of the molecule is Cc1c(CNC(C)CNc2cc(=O)c3ccccc3[nH]2)[nH]c2cc(Cl)cc(Cl)c12. The van der Waals surface area contributed by atoms with Crippen molar-refractivity contribution < 1.29 is 0 Å². The lowest BCUT2D eigenvalue weighted by Gasteiger charge is -2.15. The molecule has 0 saturated heterocycles. The van der Waals surface area contributed by atoms with Gasteiger partial charge in [0.1, 0.15) is 5.82 Å². The molecule has 1 unspecified atom stereocenters. The van der Waals surface area contributed by atoms with Crippen molar-refractivity contribution in [2.24, 2.45) is 0 Å². The smallest absolute Gasteiger partial charge is 0.191 e. The number of rotatable bonds is 6. The summed E-state index contributed by atoms with van der Waals surface area (Å²) in [5.41, 5.74) is 3.97. The summed E-state index contributed by atoms with van der Waals surface area (Å²) in [6.07, 6.45) is 0. The largest absolute Gasteiger partial charge is 0.370 e. The van der Waals surface area contributed by atoms with E-state index >= 15 is 0 Å². The van der Waals surface area contributed by atoms with E-state index in [1.165, 1.54) is 0 Å². The van der Waals surface area contributed by atoms with Crippen LogP contribution in [0, 0.1) is 6.92 Å². The van der Waals surface area contributed by atoms with Crippen molar-refractivity contribution in [1.82, 2.24) is 15.3 Å². The van der Waals surface area contributed by atoms with E-state index in [1.807, 2.05) is 30.3 Å². The molecule has 4 N–H and O–H groups in total. The first-order valence-electron chi connectivity index (χ1n) is 9.48. The van der Waals surface area contributed by atoms with Crippen molar-refractivity contribution in [2.75, 3.05) is 11.9 Å². The van der Waals surface area contributed by atoms with E-state index in [-0.39, 0.29) is 11.5 Å². The van der Waals surface area contributed by atoms with Gasteiger partial charge >= 0.3 is 0 Å². The standard InChI is InChI=1S/C22H22Cl2N4O/c1-12(10-26-21-9-20(29)15-5-3-4-6-17(15)28-21)25-11-19-13(2)22-16(24)7-14(23)8-18(22)27-19/h3-9,12,25,27H,10-11H2,1-2H3,(H2,26,28,29). The lowest BCUT2D eigenvalue weighted by Crippen LogP contribution is -2.32. The average molecular weight is 429 g/mol. The van der Waals surface area contributed by atoms with Gasteiger partial charge in [-0.1, -0.05) is 35.3 Å². The van der Waals surface area contributed by atoms with E-state index in [1.54, 1.807) is 12.1 Å². The van der Waals surface area contributed by atoms with Gasteiger partial charge in [0, 0.05) is 52.2 Å². The van der Waals surface area contributed by atoms with Gasteiger partial charge in [0.25, 0.3) is 0 Å². The maximum Gasteiger partial charge on any atom is 0.191 e. The number of hydrogen-bond donors (Lipinski definition) is 4. The third-order valence-corrected chi connectivity index (χ3v) is 5.65. The summed E-state index contributed by atoms with van der Waals surface area (Å²) in [5.74, 6) is 0.713. The van der Waals surface area contributed by atoms with Crippen LogP contribution in [0.3, 0.4) is 0 Å². The van der Waals surface area contributed by atoms with Crippen molar-refractivity contribution in [1.29, 1.82) is 0 Å². The Balaban J connectivity index is 1.41. The molecule has 0 fully saturated rings. The first-order chi connectivity index (χ1) is 13.9. The zero-order valence-electron chi connectivity index (χ0n) is 16.2. The Labute approximate surface area is 178 Å². The average Bonchev–Trinajstić information content (AvgIpc) is 3.00. The number of H-pyrrole nitrogens is 2. The van der Waals surface area contributed by atoms with Crippen molar-refractivity contribution in [3.05, 3.63) is 74.0 Å². The number of anilines is 1. The van der Waals surface area contributed by atoms with Gasteiger partial charge < -0.3 is 20.6 Å². The van der Waals surface area contributed by atoms with Crippen LogP contribution in [0.4, 0.5) is 5.82 Å². The molecule has 4 rings (SSSR count). The molecule has 150 valence electrons. The van der Waals surface area contributed by atoms with Crippen molar-refractivity contribution in [3.8, 4) is 0 Å². The highest BCUT2D eigenvalue weighted by Gasteiger charge is 2.12. The number of pyridine rings is 1. The maximum absolute atomic E-state index is 12.2. The Morgan fingerprint density at radius 1 is 1.07 bits per heavy atom. The van der Waals surface area contributed by atoms with E-state index in [4.69, 9.17) is 23.2 Å². The molecule has 2 aromatic carbocycles. The van der Waals surface area contributed by atoms with Crippen LogP contribution in [-0.2, 0) is 6.54 Å². The second kappa shape index (κ2) is 8.11. The van der Waals surface area contributed by atoms with Gasteiger partial charge in [-0.25, -0.2) is 0 Å². The summed E-state index contributed by atoms with van der Waals surface area (Å²) in [6, 6.07) is 12.9. The Morgan fingerprint density at radius 3 is 2.69 bits per heavy atom. The zero-order valence-corrected chi connectivity index (χ0v) is 17.7. The van der Waals surface area contributed by atoms with Gasteiger partial charge in [-0.3, -0.25) is 4.79 Å². The normalized spacial score (nSPS) is 12.6. The van der Waals surface area contributed by atoms with Gasteiger partial charge in [-0.2, -0.15) is 0 Å². The van der Waals surface area contributed by atoms with Gasteiger partial charge in [0.2, 0.25) is 0 Å². The van der Waals surface area contributed by atoms with Crippen molar-refractivity contribution >= 4 is 50.8 Å². The van der Waals surface area contributed by atoms with Crippen LogP contribution in [-0.4, -0.2) is 22.6 Å². The Morgan fingerprint density at radius 2 is 1.86 bits per heavy atom. The molecular formula is C22H22Cl2N4O. The minimum absolute atomic E-state index is 0.00621. The molecule has 0 radical (unpaired) electrons. The molecule has 1 atom stereocenters. The van der Waals surface area contributed by atoms with E-state index in [0.29, 0.717) is 34.3 Å². The number of fused-ring (bicyclic) bond motifs is 2. The van der Waals surface area contributed by atoms with Gasteiger partial charge in [-0.05, 0) is 43.7 Å². The number of hydrogen-bond acceptors (Lipinski definition) is 3. The van der Waals surface area contributed by atoms with Gasteiger partial charge in [0.15, 0.2) is 5.43 Å². The third-order valence-electron chi connectivity index (χ3n) is 5.13. The number of aromatic amines is 2. The van der Waals surface area contributed by atoms with Gasteiger partial charge in [-0.15, -0.1) is 0 Å². The molecule has 29 heavy (non-hydrogen) atoms. The summed E-state index contributed by atoms with van der Waals surface area (Å²) in [4.78, 5) is 18.9. The second-order valence-corrected chi connectivity index (χ2v) is 8.14. The van der Waals surface area contributed by atoms with Crippen molar-refractivity contribution in [2.45, 2.75) is 26.4 Å². The minimum Gasteiger partial charge on any atom is -0.370 e. The van der Waals surface area contributed by atoms with E-state index in [2.05, 4.69) is 34.4 Å². The second-order valence-electron chi connectivity index (χ2n) is 7.29. The molecule has 0 spiro atoms. The Hall–Kier alpha value is -2.47. The highest BCUT2D eigenvalue weighted by atomic mass is 35.5. The molecule has 2 aromatic heterocycles. The molecule has 4 aromatic rings. The number of para-hydroxylation sites is 1. The predicted octanol–water partition coefficient (Wildman–Crippen LogP) is 5.21. The fourth-order valence-electron chi connectivity index (χ4n) is 3.54. The lowest BCUT2D eigenvalue weighted by molar-refractivity contribution is 0.562. The molecule has 0 saturated carbocycles. The van der Waals surface area contributed by atoms with Crippen LogP contribution in [0.5, 0.6) is 0 Å².